The van der Waals surface area contributed by atoms with Gasteiger partial charge < -0.3 is 9.84 Å². The highest BCUT2D eigenvalue weighted by molar-refractivity contribution is 7.89. The molecule has 11 heteroatoms. The Balaban J connectivity index is 1.78. The van der Waals surface area contributed by atoms with Gasteiger partial charge in [-0.15, -0.1) is 0 Å². The van der Waals surface area contributed by atoms with E-state index in [-0.39, 0.29) is 23.7 Å². The summed E-state index contributed by atoms with van der Waals surface area (Å²) in [6.07, 6.45) is -1.70. The molecule has 1 fully saturated rings. The summed E-state index contributed by atoms with van der Waals surface area (Å²) in [6, 6.07) is -0.303. The first-order valence-corrected chi connectivity index (χ1v) is 8.99. The van der Waals surface area contributed by atoms with E-state index in [1.54, 1.807) is 6.92 Å². The molecule has 1 aromatic heterocycles. The van der Waals surface area contributed by atoms with Crippen LogP contribution in [0.1, 0.15) is 38.4 Å². The molecule has 0 saturated heterocycles. The van der Waals surface area contributed by atoms with Crippen molar-refractivity contribution < 1.29 is 26.1 Å². The van der Waals surface area contributed by atoms with E-state index in [1.165, 1.54) is 0 Å². The van der Waals surface area contributed by atoms with Crippen molar-refractivity contribution in [3.8, 4) is 0 Å². The smallest absolute Gasteiger partial charge is 0.335 e. The van der Waals surface area contributed by atoms with Gasteiger partial charge in [0.05, 0.1) is 5.75 Å². The SMILES string of the molecule is CCS(=O)(=O)NCC1CCC(Nc2nc(C(F)(F)F)no2)CC1. The van der Waals surface area contributed by atoms with Crippen LogP contribution in [0.2, 0.25) is 0 Å². The predicted molar refractivity (Wildman–Crippen MR) is 76.1 cm³/mol. The minimum Gasteiger partial charge on any atom is -0.335 e. The Kier molecular flexibility index (Phi) is 5.50. The first-order valence-electron chi connectivity index (χ1n) is 7.34. The van der Waals surface area contributed by atoms with Crippen LogP contribution in [0.5, 0.6) is 0 Å². The standard InChI is InChI=1S/C12H19F3N4O3S/c1-2-23(20,21)16-7-8-3-5-9(6-4-8)17-11-18-10(19-22-11)12(13,14)15/h8-9,16H,2-7H2,1H3,(H,17,18,19). The Bertz CT molecular complexity index is 609. The average molecular weight is 356 g/mol. The zero-order valence-electron chi connectivity index (χ0n) is 12.6. The topological polar surface area (TPSA) is 97.1 Å². The van der Waals surface area contributed by atoms with Gasteiger partial charge in [-0.1, -0.05) is 0 Å². The molecule has 0 aromatic carbocycles. The molecule has 1 saturated carbocycles. The Hall–Kier alpha value is -1.36. The van der Waals surface area contributed by atoms with Crippen molar-refractivity contribution in [1.29, 1.82) is 0 Å². The van der Waals surface area contributed by atoms with Gasteiger partial charge >= 0.3 is 12.2 Å². The maximum absolute atomic E-state index is 12.4. The summed E-state index contributed by atoms with van der Waals surface area (Å²) in [5.74, 6) is -1.03. The summed E-state index contributed by atoms with van der Waals surface area (Å²) in [5, 5.41) is 5.68. The van der Waals surface area contributed by atoms with Gasteiger partial charge in [-0.25, -0.2) is 13.1 Å². The molecule has 132 valence electrons. The van der Waals surface area contributed by atoms with Gasteiger partial charge in [-0.2, -0.15) is 18.2 Å². The van der Waals surface area contributed by atoms with Crippen LogP contribution >= 0.6 is 0 Å². The zero-order chi connectivity index (χ0) is 17.1. The van der Waals surface area contributed by atoms with Gasteiger partial charge in [-0.3, -0.25) is 0 Å². The first-order chi connectivity index (χ1) is 10.7. The van der Waals surface area contributed by atoms with Crippen LogP contribution < -0.4 is 10.0 Å². The van der Waals surface area contributed by atoms with Crippen LogP contribution in [-0.2, 0) is 16.2 Å². The number of anilines is 1. The second kappa shape index (κ2) is 7.04. The highest BCUT2D eigenvalue weighted by Crippen LogP contribution is 2.29. The molecule has 0 amide bonds. The average Bonchev–Trinajstić information content (AvgIpc) is 2.95. The maximum Gasteiger partial charge on any atom is 0.455 e. The lowest BCUT2D eigenvalue weighted by Crippen LogP contribution is -2.34. The molecule has 7 nitrogen and oxygen atoms in total. The Morgan fingerprint density at radius 2 is 1.91 bits per heavy atom. The molecular formula is C12H19F3N4O3S. The van der Waals surface area contributed by atoms with Crippen LogP contribution in [0.15, 0.2) is 4.52 Å². The molecule has 0 spiro atoms. The molecule has 2 N–H and O–H groups in total. The number of alkyl halides is 3. The molecule has 1 aromatic rings. The van der Waals surface area contributed by atoms with E-state index in [2.05, 4.69) is 24.7 Å². The molecule has 1 heterocycles. The number of sulfonamides is 1. The molecule has 0 bridgehead atoms. The predicted octanol–water partition coefficient (Wildman–Crippen LogP) is 2.00. The number of aromatic nitrogens is 2. The molecule has 2 rings (SSSR count). The van der Waals surface area contributed by atoms with Crippen molar-refractivity contribution >= 4 is 16.0 Å². The third-order valence-electron chi connectivity index (χ3n) is 3.83. The van der Waals surface area contributed by atoms with E-state index in [0.29, 0.717) is 19.4 Å². The molecule has 1 aliphatic carbocycles. The molecule has 0 unspecified atom stereocenters. The summed E-state index contributed by atoms with van der Waals surface area (Å²) in [7, 11) is -3.20. The third-order valence-corrected chi connectivity index (χ3v) is 5.19. The van der Waals surface area contributed by atoms with Crippen molar-refractivity contribution in [1.82, 2.24) is 14.9 Å². The van der Waals surface area contributed by atoms with Gasteiger partial charge in [0, 0.05) is 12.6 Å². The van der Waals surface area contributed by atoms with Crippen molar-refractivity contribution in [2.75, 3.05) is 17.6 Å². The lowest BCUT2D eigenvalue weighted by Gasteiger charge is -2.28. The van der Waals surface area contributed by atoms with Crippen LogP contribution in [0, 0.1) is 5.92 Å². The maximum atomic E-state index is 12.4. The highest BCUT2D eigenvalue weighted by Gasteiger charge is 2.37. The Morgan fingerprint density at radius 3 is 2.43 bits per heavy atom. The van der Waals surface area contributed by atoms with Gasteiger partial charge in [0.1, 0.15) is 0 Å². The zero-order valence-corrected chi connectivity index (χ0v) is 13.4. The fourth-order valence-corrected chi connectivity index (χ4v) is 3.12. The number of hydrogen-bond acceptors (Lipinski definition) is 6. The molecule has 0 atom stereocenters. The van der Waals surface area contributed by atoms with Gasteiger partial charge in [0.25, 0.3) is 5.82 Å². The van der Waals surface area contributed by atoms with E-state index in [4.69, 9.17) is 0 Å². The summed E-state index contributed by atoms with van der Waals surface area (Å²) in [4.78, 5) is 3.27. The minimum atomic E-state index is -4.63. The molecule has 0 radical (unpaired) electrons. The van der Waals surface area contributed by atoms with E-state index in [0.717, 1.165) is 12.8 Å². The monoisotopic (exact) mass is 356 g/mol. The molecular weight excluding hydrogens is 337 g/mol. The summed E-state index contributed by atoms with van der Waals surface area (Å²) in [5.41, 5.74) is 0. The van der Waals surface area contributed by atoms with Gasteiger partial charge in [0.15, 0.2) is 0 Å². The van der Waals surface area contributed by atoms with Crippen molar-refractivity contribution in [3.05, 3.63) is 5.82 Å². The second-order valence-electron chi connectivity index (χ2n) is 5.53. The molecule has 0 aliphatic heterocycles. The summed E-state index contributed by atoms with van der Waals surface area (Å²) >= 11 is 0. The van der Waals surface area contributed by atoms with E-state index in [1.807, 2.05) is 0 Å². The Labute approximate surface area is 132 Å². The van der Waals surface area contributed by atoms with Gasteiger partial charge in [0.2, 0.25) is 10.0 Å². The largest absolute Gasteiger partial charge is 0.455 e. The van der Waals surface area contributed by atoms with Crippen molar-refractivity contribution in [2.24, 2.45) is 5.92 Å². The van der Waals surface area contributed by atoms with Crippen LogP contribution in [-0.4, -0.2) is 36.9 Å². The van der Waals surface area contributed by atoms with Crippen LogP contribution in [0.3, 0.4) is 0 Å². The molecule has 23 heavy (non-hydrogen) atoms. The normalized spacial score (nSPS) is 23.0. The van der Waals surface area contributed by atoms with Crippen molar-refractivity contribution in [3.63, 3.8) is 0 Å². The van der Waals surface area contributed by atoms with Crippen LogP contribution in [0.4, 0.5) is 19.2 Å². The van der Waals surface area contributed by atoms with Gasteiger partial charge in [-0.05, 0) is 43.7 Å². The fraction of sp³-hybridized carbons (Fsp3) is 0.833. The summed E-state index contributed by atoms with van der Waals surface area (Å²) < 4.78 is 67.0. The quantitative estimate of drug-likeness (QED) is 0.809. The number of nitrogens with one attached hydrogen (secondary N) is 2. The first kappa shape index (κ1) is 18.0. The number of nitrogens with zero attached hydrogens (tertiary/aromatic N) is 2. The fourth-order valence-electron chi connectivity index (χ4n) is 2.43. The number of halogens is 3. The van der Waals surface area contributed by atoms with E-state index < -0.39 is 22.0 Å². The van der Waals surface area contributed by atoms with Crippen LogP contribution in [0.25, 0.3) is 0 Å². The lowest BCUT2D eigenvalue weighted by molar-refractivity contribution is -0.146. The molecule has 1 aliphatic rings. The Morgan fingerprint density at radius 1 is 1.26 bits per heavy atom. The van der Waals surface area contributed by atoms with E-state index in [9.17, 15) is 21.6 Å². The summed E-state index contributed by atoms with van der Waals surface area (Å²) in [6.45, 7) is 1.96. The minimum absolute atomic E-state index is 0.0442. The highest BCUT2D eigenvalue weighted by atomic mass is 32.2. The number of hydrogen-bond donors (Lipinski definition) is 2. The lowest BCUT2D eigenvalue weighted by atomic mass is 9.86. The second-order valence-corrected chi connectivity index (χ2v) is 7.63. The van der Waals surface area contributed by atoms with Crippen molar-refractivity contribution in [2.45, 2.75) is 44.8 Å². The third kappa shape index (κ3) is 5.34. The number of rotatable bonds is 6. The van der Waals surface area contributed by atoms with E-state index >= 15 is 0 Å².